The summed E-state index contributed by atoms with van der Waals surface area (Å²) in [7, 11) is 1.70. The van der Waals surface area contributed by atoms with E-state index in [1.807, 2.05) is 6.07 Å². The Morgan fingerprint density at radius 2 is 2.04 bits per heavy atom. The van der Waals surface area contributed by atoms with E-state index in [0.29, 0.717) is 6.61 Å². The van der Waals surface area contributed by atoms with Gasteiger partial charge in [-0.05, 0) is 34.5 Å². The number of fused-ring (bicyclic) bond motifs is 1. The monoisotopic (exact) mass is 335 g/mol. The highest BCUT2D eigenvalue weighted by atomic mass is 16.5. The first-order valence-electron chi connectivity index (χ1n) is 8.48. The minimum atomic E-state index is -0.00725. The molecule has 0 N–H and O–H groups in total. The normalized spacial score (nSPS) is 18.4. The van der Waals surface area contributed by atoms with Gasteiger partial charge in [0.2, 0.25) is 0 Å². The molecule has 3 aromatic rings. The number of ether oxygens (including phenoxy) is 2. The van der Waals surface area contributed by atoms with E-state index in [9.17, 15) is 0 Å². The van der Waals surface area contributed by atoms with Crippen LogP contribution in [-0.2, 0) is 11.3 Å². The number of methoxy groups -OCH3 is 1. The van der Waals surface area contributed by atoms with Crippen molar-refractivity contribution in [3.63, 3.8) is 0 Å². The molecule has 25 heavy (non-hydrogen) atoms. The molecule has 1 fully saturated rings. The molecule has 0 saturated carbocycles. The predicted octanol–water partition coefficient (Wildman–Crippen LogP) is 3.21. The smallest absolute Gasteiger partial charge is 0.119 e. The minimum absolute atomic E-state index is 0.00725. The maximum Gasteiger partial charge on any atom is 0.119 e. The molecule has 0 amide bonds. The summed E-state index contributed by atoms with van der Waals surface area (Å²) in [4.78, 5) is 10.9. The first-order valence-corrected chi connectivity index (χ1v) is 8.48. The van der Waals surface area contributed by atoms with Crippen molar-refractivity contribution in [3.05, 3.63) is 66.2 Å². The molecule has 1 aromatic heterocycles. The van der Waals surface area contributed by atoms with Crippen molar-refractivity contribution in [1.29, 1.82) is 0 Å². The lowest BCUT2D eigenvalue weighted by Crippen LogP contribution is -2.38. The zero-order chi connectivity index (χ0) is 17.1. The first-order chi connectivity index (χ1) is 12.3. The molecular weight excluding hydrogens is 314 g/mol. The molecule has 1 aliphatic rings. The standard InChI is InChI=1S/C20H21N3O2/c1-24-18-5-4-16-10-15(2-3-17(16)11-18)13-23-8-9-25-20(14-23)19-12-21-6-7-22-19/h2-7,10-12,20H,8-9,13-14H2,1H3. The number of morpholine rings is 1. The Labute approximate surface area is 147 Å². The van der Waals surface area contributed by atoms with E-state index in [4.69, 9.17) is 9.47 Å². The second kappa shape index (κ2) is 7.17. The van der Waals surface area contributed by atoms with Crippen molar-refractivity contribution in [3.8, 4) is 5.75 Å². The van der Waals surface area contributed by atoms with Crippen molar-refractivity contribution in [2.45, 2.75) is 12.6 Å². The van der Waals surface area contributed by atoms with Crippen molar-refractivity contribution in [2.75, 3.05) is 26.8 Å². The molecule has 0 radical (unpaired) electrons. The highest BCUT2D eigenvalue weighted by Crippen LogP contribution is 2.24. The van der Waals surface area contributed by atoms with Crippen LogP contribution in [0, 0.1) is 0 Å². The van der Waals surface area contributed by atoms with Crippen LogP contribution in [0.1, 0.15) is 17.4 Å². The topological polar surface area (TPSA) is 47.5 Å². The number of rotatable bonds is 4. The summed E-state index contributed by atoms with van der Waals surface area (Å²) in [5, 5.41) is 2.43. The van der Waals surface area contributed by atoms with Gasteiger partial charge in [0.1, 0.15) is 11.9 Å². The zero-order valence-corrected chi connectivity index (χ0v) is 14.3. The molecule has 1 aliphatic heterocycles. The van der Waals surface area contributed by atoms with Crippen LogP contribution in [0.25, 0.3) is 10.8 Å². The van der Waals surface area contributed by atoms with Crippen LogP contribution in [0.3, 0.4) is 0 Å². The van der Waals surface area contributed by atoms with Crippen LogP contribution in [0.15, 0.2) is 55.0 Å². The Hall–Kier alpha value is -2.50. The summed E-state index contributed by atoms with van der Waals surface area (Å²) in [5.74, 6) is 0.889. The summed E-state index contributed by atoms with van der Waals surface area (Å²) >= 11 is 0. The fourth-order valence-corrected chi connectivity index (χ4v) is 3.26. The van der Waals surface area contributed by atoms with E-state index in [0.717, 1.165) is 31.1 Å². The quantitative estimate of drug-likeness (QED) is 0.733. The highest BCUT2D eigenvalue weighted by molar-refractivity contribution is 5.84. The summed E-state index contributed by atoms with van der Waals surface area (Å²) in [5.41, 5.74) is 2.20. The van der Waals surface area contributed by atoms with E-state index in [1.54, 1.807) is 25.7 Å². The van der Waals surface area contributed by atoms with Crippen LogP contribution in [0.2, 0.25) is 0 Å². The van der Waals surface area contributed by atoms with E-state index < -0.39 is 0 Å². The van der Waals surface area contributed by atoms with Crippen LogP contribution >= 0.6 is 0 Å². The van der Waals surface area contributed by atoms with Gasteiger partial charge in [-0.2, -0.15) is 0 Å². The maximum atomic E-state index is 5.87. The summed E-state index contributed by atoms with van der Waals surface area (Å²) in [6.45, 7) is 3.38. The lowest BCUT2D eigenvalue weighted by atomic mass is 10.1. The Kier molecular flexibility index (Phi) is 4.59. The Bertz CT molecular complexity index is 854. The van der Waals surface area contributed by atoms with Gasteiger partial charge in [0.05, 0.1) is 25.6 Å². The molecule has 0 aliphatic carbocycles. The number of hydrogen-bond acceptors (Lipinski definition) is 5. The van der Waals surface area contributed by atoms with Crippen molar-refractivity contribution < 1.29 is 9.47 Å². The Morgan fingerprint density at radius 1 is 1.16 bits per heavy atom. The molecule has 1 unspecified atom stereocenters. The van der Waals surface area contributed by atoms with Gasteiger partial charge in [0.25, 0.3) is 0 Å². The lowest BCUT2D eigenvalue weighted by Gasteiger charge is -2.32. The average molecular weight is 335 g/mol. The van der Waals surface area contributed by atoms with Crippen molar-refractivity contribution in [1.82, 2.24) is 14.9 Å². The van der Waals surface area contributed by atoms with Gasteiger partial charge in [-0.1, -0.05) is 18.2 Å². The second-order valence-electron chi connectivity index (χ2n) is 6.27. The van der Waals surface area contributed by atoms with Crippen molar-refractivity contribution in [2.24, 2.45) is 0 Å². The summed E-state index contributed by atoms with van der Waals surface area (Å²) in [6, 6.07) is 12.8. The fraction of sp³-hybridized carbons (Fsp3) is 0.300. The van der Waals surface area contributed by atoms with Crippen LogP contribution < -0.4 is 4.74 Å². The van der Waals surface area contributed by atoms with E-state index in [1.165, 1.54) is 16.3 Å². The third-order valence-electron chi connectivity index (χ3n) is 4.58. The summed E-state index contributed by atoms with van der Waals surface area (Å²) in [6.07, 6.45) is 5.19. The first kappa shape index (κ1) is 16.0. The molecule has 5 nitrogen and oxygen atoms in total. The number of aromatic nitrogens is 2. The Morgan fingerprint density at radius 3 is 2.88 bits per heavy atom. The third kappa shape index (κ3) is 3.62. The van der Waals surface area contributed by atoms with Crippen molar-refractivity contribution >= 4 is 10.8 Å². The SMILES string of the molecule is COc1ccc2cc(CN3CCOC(c4cnccn4)C3)ccc2c1. The molecule has 5 heteroatoms. The third-order valence-corrected chi connectivity index (χ3v) is 4.58. The zero-order valence-electron chi connectivity index (χ0n) is 14.3. The fourth-order valence-electron chi connectivity index (χ4n) is 3.26. The second-order valence-corrected chi connectivity index (χ2v) is 6.27. The predicted molar refractivity (Wildman–Crippen MR) is 96.5 cm³/mol. The van der Waals surface area contributed by atoms with Gasteiger partial charge < -0.3 is 9.47 Å². The molecule has 2 heterocycles. The molecule has 2 aromatic carbocycles. The molecule has 0 spiro atoms. The van der Waals surface area contributed by atoms with E-state index in [-0.39, 0.29) is 6.10 Å². The molecule has 128 valence electrons. The van der Waals surface area contributed by atoms with Gasteiger partial charge >= 0.3 is 0 Å². The van der Waals surface area contributed by atoms with Crippen LogP contribution in [0.4, 0.5) is 0 Å². The van der Waals surface area contributed by atoms with Gasteiger partial charge in [-0.3, -0.25) is 14.9 Å². The number of nitrogens with zero attached hydrogens (tertiary/aromatic N) is 3. The van der Waals surface area contributed by atoms with Gasteiger partial charge in [0, 0.05) is 32.0 Å². The minimum Gasteiger partial charge on any atom is -0.497 e. The Balaban J connectivity index is 1.48. The van der Waals surface area contributed by atoms with Gasteiger partial charge in [-0.25, -0.2) is 0 Å². The molecular formula is C20H21N3O2. The van der Waals surface area contributed by atoms with E-state index >= 15 is 0 Å². The number of benzene rings is 2. The average Bonchev–Trinajstić information content (AvgIpc) is 2.68. The van der Waals surface area contributed by atoms with Crippen LogP contribution in [-0.4, -0.2) is 41.7 Å². The summed E-state index contributed by atoms with van der Waals surface area (Å²) < 4.78 is 11.2. The molecule has 4 rings (SSSR count). The van der Waals surface area contributed by atoms with E-state index in [2.05, 4.69) is 45.2 Å². The molecule has 0 bridgehead atoms. The molecule has 1 saturated heterocycles. The van der Waals surface area contributed by atoms with Crippen LogP contribution in [0.5, 0.6) is 5.75 Å². The lowest BCUT2D eigenvalue weighted by molar-refractivity contribution is -0.0351. The van der Waals surface area contributed by atoms with Gasteiger partial charge in [0.15, 0.2) is 0 Å². The highest BCUT2D eigenvalue weighted by Gasteiger charge is 2.23. The largest absolute Gasteiger partial charge is 0.497 e. The molecule has 1 atom stereocenters. The van der Waals surface area contributed by atoms with Gasteiger partial charge in [-0.15, -0.1) is 0 Å². The number of hydrogen-bond donors (Lipinski definition) is 0. The maximum absolute atomic E-state index is 5.87.